The van der Waals surface area contributed by atoms with Crippen LogP contribution in [0.5, 0.6) is 5.75 Å². The van der Waals surface area contributed by atoms with E-state index in [2.05, 4.69) is 20.3 Å². The number of carbonyl (C=O) groups is 1. The average molecular weight is 422 g/mol. The van der Waals surface area contributed by atoms with Crippen LogP contribution in [0.4, 0.5) is 14.6 Å². The molecule has 31 heavy (non-hydrogen) atoms. The van der Waals surface area contributed by atoms with Crippen LogP contribution in [-0.4, -0.2) is 32.9 Å². The molecule has 2 heterocycles. The standard InChI is InChI=1S/C23H20F2N4O2/c24-18-4-3-17(6-19(18)25)31-11-16(30)7-22-12-23(13-22,14-22)29-21-10-27-9-20(28-21)15-2-1-5-26-8-15/h1-6,8-10H,7,11-14H2,(H,28,29). The molecule has 0 atom stereocenters. The monoisotopic (exact) mass is 422 g/mol. The summed E-state index contributed by atoms with van der Waals surface area (Å²) in [4.78, 5) is 25.4. The lowest BCUT2D eigenvalue weighted by molar-refractivity contribution is -0.147. The minimum Gasteiger partial charge on any atom is -0.486 e. The molecule has 8 heteroatoms. The van der Waals surface area contributed by atoms with Crippen LogP contribution in [0.3, 0.4) is 0 Å². The molecule has 0 aliphatic heterocycles. The van der Waals surface area contributed by atoms with Crippen LogP contribution in [0.15, 0.2) is 55.1 Å². The number of ether oxygens (including phenoxy) is 1. The molecule has 3 fully saturated rings. The zero-order chi connectivity index (χ0) is 21.5. The number of anilines is 1. The first kappa shape index (κ1) is 19.5. The van der Waals surface area contributed by atoms with Gasteiger partial charge in [0.15, 0.2) is 17.4 Å². The Morgan fingerprint density at radius 1 is 1.06 bits per heavy atom. The van der Waals surface area contributed by atoms with Gasteiger partial charge in [0.05, 0.1) is 18.1 Å². The Balaban J connectivity index is 1.13. The number of rotatable bonds is 8. The molecule has 2 bridgehead atoms. The van der Waals surface area contributed by atoms with Gasteiger partial charge < -0.3 is 10.1 Å². The molecule has 6 nitrogen and oxygen atoms in total. The third-order valence-electron chi connectivity index (χ3n) is 5.99. The summed E-state index contributed by atoms with van der Waals surface area (Å²) in [6.45, 7) is -0.147. The van der Waals surface area contributed by atoms with Crippen molar-refractivity contribution in [3.8, 4) is 17.0 Å². The van der Waals surface area contributed by atoms with E-state index in [0.717, 1.165) is 42.7 Å². The summed E-state index contributed by atoms with van der Waals surface area (Å²) in [5, 5.41) is 3.48. The summed E-state index contributed by atoms with van der Waals surface area (Å²) in [6.07, 6.45) is 9.94. The number of hydrogen-bond donors (Lipinski definition) is 1. The van der Waals surface area contributed by atoms with Crippen molar-refractivity contribution >= 4 is 11.6 Å². The molecule has 2 aromatic heterocycles. The van der Waals surface area contributed by atoms with E-state index in [1.165, 1.54) is 6.07 Å². The van der Waals surface area contributed by atoms with Crippen LogP contribution in [0.2, 0.25) is 0 Å². The van der Waals surface area contributed by atoms with E-state index in [9.17, 15) is 13.6 Å². The van der Waals surface area contributed by atoms with Crippen molar-refractivity contribution in [1.82, 2.24) is 15.0 Å². The highest BCUT2D eigenvalue weighted by Gasteiger charge is 2.68. The van der Waals surface area contributed by atoms with E-state index in [-0.39, 0.29) is 29.1 Å². The Morgan fingerprint density at radius 3 is 2.65 bits per heavy atom. The molecule has 0 spiro atoms. The van der Waals surface area contributed by atoms with Gasteiger partial charge in [0, 0.05) is 36.0 Å². The van der Waals surface area contributed by atoms with Gasteiger partial charge in [-0.1, -0.05) is 0 Å². The lowest BCUT2D eigenvalue weighted by Crippen LogP contribution is -2.71. The number of hydrogen-bond acceptors (Lipinski definition) is 6. The highest BCUT2D eigenvalue weighted by Crippen LogP contribution is 2.70. The van der Waals surface area contributed by atoms with Gasteiger partial charge in [-0.05, 0) is 48.9 Å². The van der Waals surface area contributed by atoms with Crippen LogP contribution in [0.25, 0.3) is 11.3 Å². The van der Waals surface area contributed by atoms with Gasteiger partial charge in [0.25, 0.3) is 0 Å². The number of carbonyl (C=O) groups excluding carboxylic acids is 1. The van der Waals surface area contributed by atoms with Gasteiger partial charge >= 0.3 is 0 Å². The minimum atomic E-state index is -0.993. The van der Waals surface area contributed by atoms with Crippen molar-refractivity contribution in [3.05, 3.63) is 66.8 Å². The van der Waals surface area contributed by atoms with Crippen molar-refractivity contribution < 1.29 is 18.3 Å². The van der Waals surface area contributed by atoms with Crippen LogP contribution in [-0.2, 0) is 4.79 Å². The summed E-state index contributed by atoms with van der Waals surface area (Å²) in [7, 11) is 0. The maximum atomic E-state index is 13.2. The number of aromatic nitrogens is 3. The second kappa shape index (κ2) is 7.37. The molecular weight excluding hydrogens is 402 g/mol. The van der Waals surface area contributed by atoms with Gasteiger partial charge in [-0.15, -0.1) is 0 Å². The van der Waals surface area contributed by atoms with Crippen molar-refractivity contribution in [2.75, 3.05) is 11.9 Å². The third-order valence-corrected chi connectivity index (χ3v) is 5.99. The molecular formula is C23H20F2N4O2. The zero-order valence-electron chi connectivity index (χ0n) is 16.6. The van der Waals surface area contributed by atoms with E-state index in [4.69, 9.17) is 4.74 Å². The van der Waals surface area contributed by atoms with Crippen LogP contribution < -0.4 is 10.1 Å². The highest BCUT2D eigenvalue weighted by atomic mass is 19.2. The first-order valence-corrected chi connectivity index (χ1v) is 10.0. The molecule has 1 aromatic carbocycles. The van der Waals surface area contributed by atoms with Gasteiger partial charge in [-0.25, -0.2) is 13.8 Å². The molecule has 158 valence electrons. The van der Waals surface area contributed by atoms with E-state index in [0.29, 0.717) is 12.2 Å². The van der Waals surface area contributed by atoms with Crippen LogP contribution in [0.1, 0.15) is 25.7 Å². The fourth-order valence-electron chi connectivity index (χ4n) is 4.87. The van der Waals surface area contributed by atoms with Crippen molar-refractivity contribution in [2.45, 2.75) is 31.2 Å². The Labute approximate surface area is 177 Å². The predicted octanol–water partition coefficient (Wildman–Crippen LogP) is 4.19. The molecule has 3 saturated carbocycles. The molecule has 0 saturated heterocycles. The molecule has 0 amide bonds. The predicted molar refractivity (Wildman–Crippen MR) is 109 cm³/mol. The highest BCUT2D eigenvalue weighted by molar-refractivity contribution is 5.81. The number of benzene rings is 1. The first-order chi connectivity index (χ1) is 14.9. The van der Waals surface area contributed by atoms with E-state index in [1.807, 2.05) is 12.1 Å². The first-order valence-electron chi connectivity index (χ1n) is 10.0. The van der Waals surface area contributed by atoms with Gasteiger partial charge in [-0.3, -0.25) is 14.8 Å². The van der Waals surface area contributed by atoms with Crippen LogP contribution in [0, 0.1) is 17.0 Å². The molecule has 0 radical (unpaired) electrons. The number of pyridine rings is 1. The molecule has 6 rings (SSSR count). The summed E-state index contributed by atoms with van der Waals surface area (Å²) in [6, 6.07) is 7.04. The summed E-state index contributed by atoms with van der Waals surface area (Å²) >= 11 is 0. The van der Waals surface area contributed by atoms with Crippen LogP contribution >= 0.6 is 0 Å². The smallest absolute Gasteiger partial charge is 0.170 e. The number of nitrogens with one attached hydrogen (secondary N) is 1. The second-order valence-electron chi connectivity index (χ2n) is 8.55. The lowest BCUT2D eigenvalue weighted by Gasteiger charge is -2.70. The third kappa shape index (κ3) is 3.85. The number of halogens is 2. The van der Waals surface area contributed by atoms with E-state index in [1.54, 1.807) is 24.8 Å². The molecule has 3 aromatic rings. The summed E-state index contributed by atoms with van der Waals surface area (Å²) in [5.41, 5.74) is 1.61. The zero-order valence-corrected chi connectivity index (χ0v) is 16.6. The Morgan fingerprint density at radius 2 is 1.90 bits per heavy atom. The van der Waals surface area contributed by atoms with E-state index >= 15 is 0 Å². The number of Topliss-reactive ketones (excluding diaryl/α,β-unsaturated/α-hetero) is 1. The second-order valence-corrected chi connectivity index (χ2v) is 8.55. The van der Waals surface area contributed by atoms with Crippen molar-refractivity contribution in [3.63, 3.8) is 0 Å². The fourth-order valence-corrected chi connectivity index (χ4v) is 4.87. The summed E-state index contributed by atoms with van der Waals surface area (Å²) < 4.78 is 31.5. The SMILES string of the molecule is O=C(COc1ccc(F)c(F)c1)CC12CC(Nc3cncc(-c4cccnc4)n3)(C1)C2. The van der Waals surface area contributed by atoms with E-state index < -0.39 is 11.6 Å². The Bertz CT molecular complexity index is 1120. The normalized spacial score (nSPS) is 23.4. The molecule has 0 unspecified atom stereocenters. The quantitative estimate of drug-likeness (QED) is 0.587. The Hall–Kier alpha value is -3.42. The van der Waals surface area contributed by atoms with Crippen molar-refractivity contribution in [1.29, 1.82) is 0 Å². The van der Waals surface area contributed by atoms with Gasteiger partial charge in [0.1, 0.15) is 18.2 Å². The average Bonchev–Trinajstić information content (AvgIpc) is 2.73. The Kier molecular flexibility index (Phi) is 4.64. The van der Waals surface area contributed by atoms with Gasteiger partial charge in [0.2, 0.25) is 0 Å². The number of nitrogens with zero attached hydrogens (tertiary/aromatic N) is 3. The fraction of sp³-hybridized carbons (Fsp3) is 0.304. The molecule has 1 N–H and O–H groups in total. The summed E-state index contributed by atoms with van der Waals surface area (Å²) in [5.74, 6) is -1.12. The van der Waals surface area contributed by atoms with Crippen molar-refractivity contribution in [2.24, 2.45) is 5.41 Å². The lowest BCUT2D eigenvalue weighted by atomic mass is 9.38. The minimum absolute atomic E-state index is 0.00409. The van der Waals surface area contributed by atoms with Gasteiger partial charge in [-0.2, -0.15) is 0 Å². The largest absolute Gasteiger partial charge is 0.486 e. The molecule has 3 aliphatic carbocycles. The maximum absolute atomic E-state index is 13.2. The maximum Gasteiger partial charge on any atom is 0.170 e. The topological polar surface area (TPSA) is 77.0 Å². The molecule has 3 aliphatic rings. The number of ketones is 1.